The van der Waals surface area contributed by atoms with Crippen LogP contribution in [0.4, 0.5) is 21.7 Å². The first-order valence-corrected chi connectivity index (χ1v) is 11.2. The maximum Gasteiger partial charge on any atom is 0.272 e. The number of aromatic amines is 1. The zero-order chi connectivity index (χ0) is 24.5. The van der Waals surface area contributed by atoms with Crippen LogP contribution in [0.3, 0.4) is 0 Å². The predicted molar refractivity (Wildman–Crippen MR) is 133 cm³/mol. The minimum atomic E-state index is -0.576. The molecule has 2 aromatic heterocycles. The Balaban J connectivity index is 1.33. The van der Waals surface area contributed by atoms with E-state index in [-0.39, 0.29) is 22.8 Å². The van der Waals surface area contributed by atoms with Gasteiger partial charge < -0.3 is 21.3 Å². The quantitative estimate of drug-likeness (QED) is 0.414. The zero-order valence-corrected chi connectivity index (χ0v) is 18.9. The number of nitrogens with one attached hydrogen (secondary N) is 1. The Bertz CT molecular complexity index is 1480. The Labute approximate surface area is 200 Å². The third-order valence-corrected chi connectivity index (χ3v) is 6.24. The van der Waals surface area contributed by atoms with Gasteiger partial charge in [-0.2, -0.15) is 5.10 Å². The van der Waals surface area contributed by atoms with Gasteiger partial charge in [-0.05, 0) is 35.9 Å². The van der Waals surface area contributed by atoms with Gasteiger partial charge in [-0.15, -0.1) is 0 Å². The molecule has 1 fully saturated rings. The zero-order valence-electron chi connectivity index (χ0n) is 18.9. The molecule has 5 rings (SSSR count). The van der Waals surface area contributed by atoms with E-state index in [4.69, 9.17) is 11.5 Å². The topological polar surface area (TPSA) is 134 Å². The van der Waals surface area contributed by atoms with Crippen molar-refractivity contribution >= 4 is 34.0 Å². The molecule has 1 amide bonds. The first-order valence-electron chi connectivity index (χ1n) is 11.2. The SMILES string of the molecule is Nc1ccc(N2CCN(C(=O)c3cc(Cc4n[nH]c(=O)c5ccccc45)ccc3F)CC2)nc1N. The highest BCUT2D eigenvalue weighted by atomic mass is 19.1. The van der Waals surface area contributed by atoms with Crippen molar-refractivity contribution in [3.8, 4) is 0 Å². The number of piperazine rings is 1. The molecule has 1 saturated heterocycles. The van der Waals surface area contributed by atoms with Gasteiger partial charge in [-0.1, -0.05) is 24.3 Å². The molecule has 5 N–H and O–H groups in total. The lowest BCUT2D eigenvalue weighted by Gasteiger charge is -2.35. The third kappa shape index (κ3) is 4.37. The highest BCUT2D eigenvalue weighted by molar-refractivity contribution is 5.95. The van der Waals surface area contributed by atoms with Crippen molar-refractivity contribution < 1.29 is 9.18 Å². The lowest BCUT2D eigenvalue weighted by molar-refractivity contribution is 0.0741. The molecule has 0 radical (unpaired) electrons. The molecule has 178 valence electrons. The third-order valence-electron chi connectivity index (χ3n) is 6.24. The second-order valence-corrected chi connectivity index (χ2v) is 8.46. The van der Waals surface area contributed by atoms with E-state index in [0.29, 0.717) is 55.2 Å². The molecule has 9 nitrogen and oxygen atoms in total. The number of carbonyl (C=O) groups excluding carboxylic acids is 1. The molecule has 0 saturated carbocycles. The van der Waals surface area contributed by atoms with E-state index in [1.54, 1.807) is 41.3 Å². The number of amides is 1. The number of carbonyl (C=O) groups is 1. The Morgan fingerprint density at radius 3 is 2.49 bits per heavy atom. The molecule has 4 aromatic rings. The number of pyridine rings is 1. The Morgan fingerprint density at radius 2 is 1.74 bits per heavy atom. The van der Waals surface area contributed by atoms with E-state index in [9.17, 15) is 14.0 Å². The molecule has 1 aliphatic rings. The molecule has 1 aliphatic heterocycles. The van der Waals surface area contributed by atoms with Crippen molar-refractivity contribution in [2.24, 2.45) is 0 Å². The van der Waals surface area contributed by atoms with E-state index in [2.05, 4.69) is 15.2 Å². The summed E-state index contributed by atoms with van der Waals surface area (Å²) in [6.45, 7) is 1.91. The van der Waals surface area contributed by atoms with Gasteiger partial charge >= 0.3 is 0 Å². The van der Waals surface area contributed by atoms with E-state index in [1.165, 1.54) is 6.07 Å². The van der Waals surface area contributed by atoms with Gasteiger partial charge in [0.15, 0.2) is 0 Å². The van der Waals surface area contributed by atoms with Crippen molar-refractivity contribution in [1.29, 1.82) is 0 Å². The average molecular weight is 474 g/mol. The summed E-state index contributed by atoms with van der Waals surface area (Å²) >= 11 is 0. The highest BCUT2D eigenvalue weighted by Gasteiger charge is 2.25. The van der Waals surface area contributed by atoms with Gasteiger partial charge in [0.05, 0.1) is 22.3 Å². The molecule has 35 heavy (non-hydrogen) atoms. The van der Waals surface area contributed by atoms with Crippen LogP contribution in [0, 0.1) is 5.82 Å². The summed E-state index contributed by atoms with van der Waals surface area (Å²) in [7, 11) is 0. The maximum atomic E-state index is 14.7. The summed E-state index contributed by atoms with van der Waals surface area (Å²) in [6.07, 6.45) is 0.343. The fourth-order valence-electron chi connectivity index (χ4n) is 4.31. The fraction of sp³-hybridized carbons (Fsp3) is 0.200. The second kappa shape index (κ2) is 9.05. The van der Waals surface area contributed by atoms with Gasteiger partial charge in [0, 0.05) is 38.0 Å². The van der Waals surface area contributed by atoms with Crippen LogP contribution < -0.4 is 21.9 Å². The summed E-state index contributed by atoms with van der Waals surface area (Å²) in [6, 6.07) is 15.2. The Morgan fingerprint density at radius 1 is 1.00 bits per heavy atom. The van der Waals surface area contributed by atoms with Crippen molar-refractivity contribution in [3.63, 3.8) is 0 Å². The van der Waals surface area contributed by atoms with Crippen molar-refractivity contribution in [2.75, 3.05) is 42.5 Å². The summed E-state index contributed by atoms with van der Waals surface area (Å²) in [5.74, 6) is 0.0174. The van der Waals surface area contributed by atoms with Crippen LogP contribution >= 0.6 is 0 Å². The van der Waals surface area contributed by atoms with Crippen molar-refractivity contribution in [2.45, 2.75) is 6.42 Å². The minimum Gasteiger partial charge on any atom is -0.396 e. The number of nitrogens with zero attached hydrogens (tertiary/aromatic N) is 4. The number of nitrogens with two attached hydrogens (primary N) is 2. The van der Waals surface area contributed by atoms with Crippen LogP contribution in [0.15, 0.2) is 59.4 Å². The Hall–Kier alpha value is -4.47. The molecule has 2 aromatic carbocycles. The first kappa shape index (κ1) is 22.3. The minimum absolute atomic E-state index is 0.0135. The van der Waals surface area contributed by atoms with Gasteiger partial charge in [-0.25, -0.2) is 14.5 Å². The molecule has 0 bridgehead atoms. The van der Waals surface area contributed by atoms with Crippen LogP contribution in [0.1, 0.15) is 21.6 Å². The van der Waals surface area contributed by atoms with E-state index in [0.717, 1.165) is 10.9 Å². The second-order valence-electron chi connectivity index (χ2n) is 8.46. The van der Waals surface area contributed by atoms with Crippen LogP contribution in [0.5, 0.6) is 0 Å². The monoisotopic (exact) mass is 473 g/mol. The van der Waals surface area contributed by atoms with Gasteiger partial charge in [0.1, 0.15) is 17.5 Å². The standard InChI is InChI=1S/C25H24FN7O2/c26-19-6-5-15(14-21-16-3-1-2-4-17(16)24(34)31-30-21)13-18(19)25(35)33-11-9-32(10-12-33)22-8-7-20(27)23(28)29-22/h1-8,13H,9-12,14,27H2,(H2,28,29)(H,31,34). The normalized spacial score (nSPS) is 13.9. The van der Waals surface area contributed by atoms with Crippen LogP contribution in [-0.4, -0.2) is 52.2 Å². The maximum absolute atomic E-state index is 14.7. The Kier molecular flexibility index (Phi) is 5.77. The number of rotatable bonds is 4. The van der Waals surface area contributed by atoms with Crippen molar-refractivity contribution in [3.05, 3.63) is 87.6 Å². The fourth-order valence-corrected chi connectivity index (χ4v) is 4.31. The molecule has 3 heterocycles. The summed E-state index contributed by atoms with van der Waals surface area (Å²) in [5.41, 5.74) is 13.1. The molecular formula is C25H24FN7O2. The number of aromatic nitrogens is 3. The van der Waals surface area contributed by atoms with E-state index in [1.807, 2.05) is 17.0 Å². The number of H-pyrrole nitrogens is 1. The number of anilines is 3. The molecular weight excluding hydrogens is 449 g/mol. The molecule has 0 aliphatic carbocycles. The first-order chi connectivity index (χ1) is 16.9. The molecule has 0 spiro atoms. The molecule has 0 atom stereocenters. The number of hydrogen-bond acceptors (Lipinski definition) is 7. The summed E-state index contributed by atoms with van der Waals surface area (Å²) in [4.78, 5) is 33.2. The molecule has 10 heteroatoms. The smallest absolute Gasteiger partial charge is 0.272 e. The van der Waals surface area contributed by atoms with Crippen molar-refractivity contribution in [1.82, 2.24) is 20.1 Å². The van der Waals surface area contributed by atoms with Gasteiger partial charge in [0.25, 0.3) is 11.5 Å². The number of hydrogen-bond donors (Lipinski definition) is 3. The summed E-state index contributed by atoms with van der Waals surface area (Å²) in [5, 5.41) is 7.95. The van der Waals surface area contributed by atoms with E-state index >= 15 is 0 Å². The highest BCUT2D eigenvalue weighted by Crippen LogP contribution is 2.22. The van der Waals surface area contributed by atoms with Gasteiger partial charge in [-0.3, -0.25) is 9.59 Å². The number of fused-ring (bicyclic) bond motifs is 1. The molecule has 0 unspecified atom stereocenters. The van der Waals surface area contributed by atoms with Crippen LogP contribution in [-0.2, 0) is 6.42 Å². The largest absolute Gasteiger partial charge is 0.396 e. The number of nitrogen functional groups attached to an aromatic ring is 2. The van der Waals surface area contributed by atoms with Crippen LogP contribution in [0.2, 0.25) is 0 Å². The predicted octanol–water partition coefficient (Wildman–Crippen LogP) is 2.17. The number of halogens is 1. The average Bonchev–Trinajstić information content (AvgIpc) is 2.88. The lowest BCUT2D eigenvalue weighted by Crippen LogP contribution is -2.49. The van der Waals surface area contributed by atoms with E-state index < -0.39 is 5.82 Å². The number of benzene rings is 2. The summed E-state index contributed by atoms with van der Waals surface area (Å²) < 4.78 is 14.7. The lowest BCUT2D eigenvalue weighted by atomic mass is 10.0. The van der Waals surface area contributed by atoms with Gasteiger partial charge in [0.2, 0.25) is 0 Å². The van der Waals surface area contributed by atoms with Crippen LogP contribution in [0.25, 0.3) is 10.8 Å².